The monoisotopic (exact) mass is 428 g/mol. The van der Waals surface area contributed by atoms with Crippen LogP contribution in [0.5, 0.6) is 0 Å². The van der Waals surface area contributed by atoms with Gasteiger partial charge in [-0.1, -0.05) is 32.0 Å². The zero-order valence-electron chi connectivity index (χ0n) is 18.5. The van der Waals surface area contributed by atoms with Crippen LogP contribution in [0.1, 0.15) is 55.4 Å². The van der Waals surface area contributed by atoms with Gasteiger partial charge in [0, 0.05) is 12.2 Å². The normalized spacial score (nSPS) is 15.1. The second kappa shape index (κ2) is 8.42. The van der Waals surface area contributed by atoms with E-state index in [1.807, 2.05) is 32.0 Å². The molecular formula is C24H32N2O3S. The third-order valence-corrected chi connectivity index (χ3v) is 7.49. The maximum Gasteiger partial charge on any atom is 0.262 e. The molecule has 1 amide bonds. The van der Waals surface area contributed by atoms with Gasteiger partial charge in [-0.05, 0) is 86.4 Å². The number of amides is 1. The van der Waals surface area contributed by atoms with Crippen LogP contribution in [0.2, 0.25) is 0 Å². The second-order valence-electron chi connectivity index (χ2n) is 8.91. The number of hydrogen-bond donors (Lipinski definition) is 2. The number of aryl methyl sites for hydroxylation is 3. The van der Waals surface area contributed by atoms with Crippen molar-refractivity contribution >= 4 is 21.6 Å². The van der Waals surface area contributed by atoms with Crippen molar-refractivity contribution in [3.8, 4) is 0 Å². The van der Waals surface area contributed by atoms with Crippen LogP contribution in [0.15, 0.2) is 41.3 Å². The maximum absolute atomic E-state index is 12.9. The summed E-state index contributed by atoms with van der Waals surface area (Å²) in [6.45, 7) is 10.6. The van der Waals surface area contributed by atoms with Crippen LogP contribution in [-0.2, 0) is 20.2 Å². The van der Waals surface area contributed by atoms with Crippen molar-refractivity contribution in [2.24, 2.45) is 5.92 Å². The van der Waals surface area contributed by atoms with E-state index in [9.17, 15) is 13.2 Å². The molecule has 0 spiro atoms. The summed E-state index contributed by atoms with van der Waals surface area (Å²) < 4.78 is 28.4. The molecule has 0 heterocycles. The largest absolute Gasteiger partial charge is 0.355 e. The summed E-state index contributed by atoms with van der Waals surface area (Å²) >= 11 is 0. The molecule has 0 saturated heterocycles. The van der Waals surface area contributed by atoms with Crippen LogP contribution in [0.3, 0.4) is 0 Å². The average molecular weight is 429 g/mol. The average Bonchev–Trinajstić information content (AvgIpc) is 3.46. The first kappa shape index (κ1) is 22.3. The number of sulfonamides is 1. The number of carbonyl (C=O) groups is 1. The van der Waals surface area contributed by atoms with Gasteiger partial charge in [0.1, 0.15) is 0 Å². The minimum Gasteiger partial charge on any atom is -0.355 e. The van der Waals surface area contributed by atoms with Gasteiger partial charge in [0.15, 0.2) is 0 Å². The molecule has 6 heteroatoms. The zero-order valence-corrected chi connectivity index (χ0v) is 19.3. The lowest BCUT2D eigenvalue weighted by atomic mass is 9.94. The molecule has 1 fully saturated rings. The van der Waals surface area contributed by atoms with Crippen LogP contribution >= 0.6 is 0 Å². The fourth-order valence-electron chi connectivity index (χ4n) is 3.71. The highest BCUT2D eigenvalue weighted by atomic mass is 32.2. The molecule has 162 valence electrons. The van der Waals surface area contributed by atoms with Crippen LogP contribution in [0.25, 0.3) is 0 Å². The number of carbonyl (C=O) groups excluding carboxylic acids is 1. The summed E-state index contributed by atoms with van der Waals surface area (Å²) in [5.41, 5.74) is 3.70. The summed E-state index contributed by atoms with van der Waals surface area (Å²) in [4.78, 5) is 13.0. The Morgan fingerprint density at radius 3 is 2.17 bits per heavy atom. The predicted molar refractivity (Wildman–Crippen MR) is 121 cm³/mol. The minimum atomic E-state index is -3.68. The van der Waals surface area contributed by atoms with Crippen molar-refractivity contribution in [3.63, 3.8) is 0 Å². The first-order valence-electron chi connectivity index (χ1n) is 10.5. The quantitative estimate of drug-likeness (QED) is 0.645. The van der Waals surface area contributed by atoms with E-state index in [-0.39, 0.29) is 10.8 Å². The molecular weight excluding hydrogens is 396 g/mol. The summed E-state index contributed by atoms with van der Waals surface area (Å²) in [7, 11) is -3.68. The molecule has 2 aromatic rings. The molecule has 0 atom stereocenters. The molecule has 2 aromatic carbocycles. The van der Waals surface area contributed by atoms with Gasteiger partial charge < -0.3 is 5.32 Å². The number of rotatable bonds is 8. The van der Waals surface area contributed by atoms with Gasteiger partial charge >= 0.3 is 0 Å². The highest BCUT2D eigenvalue weighted by molar-refractivity contribution is 7.92. The van der Waals surface area contributed by atoms with E-state index in [1.54, 1.807) is 25.1 Å². The second-order valence-corrected chi connectivity index (χ2v) is 10.6. The fraction of sp³-hybridized carbons (Fsp3) is 0.458. The van der Waals surface area contributed by atoms with Gasteiger partial charge in [-0.15, -0.1) is 0 Å². The van der Waals surface area contributed by atoms with Crippen molar-refractivity contribution < 1.29 is 13.2 Å². The number of nitrogens with one attached hydrogen (secondary N) is 2. The third kappa shape index (κ3) is 4.69. The van der Waals surface area contributed by atoms with Crippen LogP contribution in [0, 0.1) is 26.7 Å². The molecule has 0 radical (unpaired) electrons. The van der Waals surface area contributed by atoms with Crippen LogP contribution in [-0.4, -0.2) is 20.9 Å². The first-order valence-corrected chi connectivity index (χ1v) is 12.0. The number of anilines is 1. The lowest BCUT2D eigenvalue weighted by Crippen LogP contribution is -2.35. The summed E-state index contributed by atoms with van der Waals surface area (Å²) in [6.07, 6.45) is 2.61. The Morgan fingerprint density at radius 2 is 1.60 bits per heavy atom. The molecule has 30 heavy (non-hydrogen) atoms. The predicted octanol–water partition coefficient (Wildman–Crippen LogP) is 4.61. The molecule has 1 saturated carbocycles. The van der Waals surface area contributed by atoms with Crippen molar-refractivity contribution in [3.05, 3.63) is 58.7 Å². The first-order chi connectivity index (χ1) is 14.0. The van der Waals surface area contributed by atoms with Gasteiger partial charge in [-0.2, -0.15) is 0 Å². The Labute approximate surface area is 180 Å². The fourth-order valence-corrected chi connectivity index (χ4v) is 5.08. The molecule has 3 rings (SSSR count). The zero-order chi connectivity index (χ0) is 22.1. The molecule has 5 nitrogen and oxygen atoms in total. The van der Waals surface area contributed by atoms with E-state index < -0.39 is 15.4 Å². The molecule has 1 aliphatic rings. The topological polar surface area (TPSA) is 75.3 Å². The van der Waals surface area contributed by atoms with Gasteiger partial charge in [-0.25, -0.2) is 8.42 Å². The number of benzene rings is 2. The lowest BCUT2D eigenvalue weighted by molar-refractivity contribution is -0.123. The molecule has 2 N–H and O–H groups in total. The van der Waals surface area contributed by atoms with E-state index in [4.69, 9.17) is 0 Å². The van der Waals surface area contributed by atoms with E-state index in [1.165, 1.54) is 0 Å². The summed E-state index contributed by atoms with van der Waals surface area (Å²) in [6, 6.07) is 10.8. The van der Waals surface area contributed by atoms with Crippen molar-refractivity contribution in [2.75, 3.05) is 11.3 Å². The summed E-state index contributed by atoms with van der Waals surface area (Å²) in [5, 5.41) is 3.06. The standard InChI is InChI=1S/C24H32N2O3S/c1-16(2)10-13-25-23(27)24(11-12-24)20-6-8-21(9-7-20)26-30(28,29)22-15-18(4)17(3)14-19(22)5/h6-9,14-16,26H,10-13H2,1-5H3,(H,25,27). The van der Waals surface area contributed by atoms with Gasteiger partial charge in [-0.3, -0.25) is 9.52 Å². The van der Waals surface area contributed by atoms with Gasteiger partial charge in [0.05, 0.1) is 10.3 Å². The van der Waals surface area contributed by atoms with Crippen molar-refractivity contribution in [1.29, 1.82) is 0 Å². The molecule has 0 aromatic heterocycles. The maximum atomic E-state index is 12.9. The Kier molecular flexibility index (Phi) is 6.27. The third-order valence-electron chi connectivity index (χ3n) is 5.96. The molecule has 0 unspecified atom stereocenters. The van der Waals surface area contributed by atoms with E-state index in [0.717, 1.165) is 41.5 Å². The minimum absolute atomic E-state index is 0.0715. The van der Waals surface area contributed by atoms with Crippen LogP contribution in [0.4, 0.5) is 5.69 Å². The Bertz CT molecular complexity index is 1040. The number of hydrogen-bond acceptors (Lipinski definition) is 3. The highest BCUT2D eigenvalue weighted by Gasteiger charge is 2.51. The molecule has 0 aliphatic heterocycles. The summed E-state index contributed by atoms with van der Waals surface area (Å²) in [5.74, 6) is 0.621. The van der Waals surface area contributed by atoms with Crippen LogP contribution < -0.4 is 10.0 Å². The molecule has 0 bridgehead atoms. The van der Waals surface area contributed by atoms with Gasteiger partial charge in [0.25, 0.3) is 10.0 Å². The molecule has 1 aliphatic carbocycles. The van der Waals surface area contributed by atoms with E-state index in [0.29, 0.717) is 18.2 Å². The van der Waals surface area contributed by atoms with Crippen molar-refractivity contribution in [2.45, 2.75) is 64.2 Å². The van der Waals surface area contributed by atoms with E-state index >= 15 is 0 Å². The highest BCUT2D eigenvalue weighted by Crippen LogP contribution is 2.48. The Balaban J connectivity index is 1.73. The smallest absolute Gasteiger partial charge is 0.262 e. The SMILES string of the molecule is Cc1cc(C)c(S(=O)(=O)Nc2ccc(C3(C(=O)NCCC(C)C)CC3)cc2)cc1C. The Hall–Kier alpha value is -2.34. The van der Waals surface area contributed by atoms with Gasteiger partial charge in [0.2, 0.25) is 5.91 Å². The lowest BCUT2D eigenvalue weighted by Gasteiger charge is -2.17. The van der Waals surface area contributed by atoms with E-state index in [2.05, 4.69) is 23.9 Å². The van der Waals surface area contributed by atoms with Crippen molar-refractivity contribution in [1.82, 2.24) is 5.32 Å². The Morgan fingerprint density at radius 1 is 1.00 bits per heavy atom.